The normalized spacial score (nSPS) is 10.5. The summed E-state index contributed by atoms with van der Waals surface area (Å²) in [5, 5.41) is 1.55. The first-order valence-corrected chi connectivity index (χ1v) is 7.31. The first-order chi connectivity index (χ1) is 8.95. The lowest BCUT2D eigenvalue weighted by Gasteiger charge is -2.05. The van der Waals surface area contributed by atoms with Crippen LogP contribution in [-0.4, -0.2) is 5.78 Å². The summed E-state index contributed by atoms with van der Waals surface area (Å²) in [5.41, 5.74) is 1.29. The molecule has 2 aromatic rings. The molecule has 0 aromatic heterocycles. The standard InChI is InChI=1S/C14H8BrCl3O/c15-10-3-9(4-12(17)6-10)14(19)5-8-1-2-11(16)7-13(8)18/h1-4,6-7H,5H2. The summed E-state index contributed by atoms with van der Waals surface area (Å²) in [6.07, 6.45) is 0.211. The Morgan fingerprint density at radius 2 is 1.74 bits per heavy atom. The van der Waals surface area contributed by atoms with Crippen molar-refractivity contribution in [2.45, 2.75) is 6.42 Å². The first-order valence-electron chi connectivity index (χ1n) is 5.39. The molecule has 0 spiro atoms. The zero-order valence-corrected chi connectivity index (χ0v) is 13.4. The van der Waals surface area contributed by atoms with Gasteiger partial charge in [-0.1, -0.05) is 56.8 Å². The smallest absolute Gasteiger partial charge is 0.167 e. The van der Waals surface area contributed by atoms with Crippen molar-refractivity contribution in [3.05, 3.63) is 67.1 Å². The second-order valence-electron chi connectivity index (χ2n) is 3.99. The molecule has 0 N–H and O–H groups in total. The van der Waals surface area contributed by atoms with Gasteiger partial charge in [-0.25, -0.2) is 0 Å². The van der Waals surface area contributed by atoms with Crippen molar-refractivity contribution in [1.29, 1.82) is 0 Å². The van der Waals surface area contributed by atoms with Crippen molar-refractivity contribution < 1.29 is 4.79 Å². The number of hydrogen-bond acceptors (Lipinski definition) is 1. The molecule has 0 fully saturated rings. The number of ketones is 1. The first kappa shape index (κ1) is 14.9. The Hall–Kier alpha value is -0.540. The number of halogens is 4. The highest BCUT2D eigenvalue weighted by atomic mass is 79.9. The summed E-state index contributed by atoms with van der Waals surface area (Å²) in [6.45, 7) is 0. The van der Waals surface area contributed by atoms with Crippen LogP contribution >= 0.6 is 50.7 Å². The largest absolute Gasteiger partial charge is 0.294 e. The van der Waals surface area contributed by atoms with Gasteiger partial charge >= 0.3 is 0 Å². The summed E-state index contributed by atoms with van der Waals surface area (Å²) in [5.74, 6) is -0.0487. The summed E-state index contributed by atoms with van der Waals surface area (Å²) in [6, 6.07) is 10.2. The summed E-state index contributed by atoms with van der Waals surface area (Å²) < 4.78 is 0.769. The molecule has 0 radical (unpaired) electrons. The van der Waals surface area contributed by atoms with Crippen molar-refractivity contribution in [2.75, 3.05) is 0 Å². The molecular weight excluding hydrogens is 370 g/mol. The van der Waals surface area contributed by atoms with Gasteiger partial charge in [-0.15, -0.1) is 0 Å². The fourth-order valence-electron chi connectivity index (χ4n) is 1.65. The molecule has 2 rings (SSSR count). The maximum Gasteiger partial charge on any atom is 0.167 e. The number of hydrogen-bond donors (Lipinski definition) is 0. The summed E-state index contributed by atoms with van der Waals surface area (Å²) in [4.78, 5) is 12.2. The number of carbonyl (C=O) groups excluding carboxylic acids is 1. The molecule has 0 unspecified atom stereocenters. The van der Waals surface area contributed by atoms with E-state index in [0.717, 1.165) is 10.0 Å². The third-order valence-electron chi connectivity index (χ3n) is 2.55. The Balaban J connectivity index is 2.25. The second kappa shape index (κ2) is 6.27. The van der Waals surface area contributed by atoms with Crippen LogP contribution in [0.5, 0.6) is 0 Å². The molecule has 0 saturated heterocycles. The van der Waals surface area contributed by atoms with Crippen molar-refractivity contribution in [3.63, 3.8) is 0 Å². The lowest BCUT2D eigenvalue weighted by molar-refractivity contribution is 0.0993. The lowest BCUT2D eigenvalue weighted by Crippen LogP contribution is -2.04. The van der Waals surface area contributed by atoms with Crippen LogP contribution in [0, 0.1) is 0 Å². The Labute approximate surface area is 134 Å². The van der Waals surface area contributed by atoms with Crippen LogP contribution in [0.25, 0.3) is 0 Å². The maximum absolute atomic E-state index is 12.2. The van der Waals surface area contributed by atoms with E-state index in [0.29, 0.717) is 20.6 Å². The molecule has 19 heavy (non-hydrogen) atoms. The van der Waals surface area contributed by atoms with Crippen molar-refractivity contribution in [1.82, 2.24) is 0 Å². The van der Waals surface area contributed by atoms with E-state index in [1.54, 1.807) is 36.4 Å². The minimum Gasteiger partial charge on any atom is -0.294 e. The van der Waals surface area contributed by atoms with Crippen LogP contribution in [0.2, 0.25) is 15.1 Å². The van der Waals surface area contributed by atoms with Crippen molar-refractivity contribution in [3.8, 4) is 0 Å². The van der Waals surface area contributed by atoms with Gasteiger partial charge < -0.3 is 0 Å². The predicted molar refractivity (Wildman–Crippen MR) is 83.6 cm³/mol. The molecular formula is C14H8BrCl3O. The molecule has 0 heterocycles. The van der Waals surface area contributed by atoms with Gasteiger partial charge in [-0.05, 0) is 35.9 Å². The van der Waals surface area contributed by atoms with Gasteiger partial charge in [-0.2, -0.15) is 0 Å². The van der Waals surface area contributed by atoms with Gasteiger partial charge in [0.25, 0.3) is 0 Å². The molecule has 0 saturated carbocycles. The molecule has 0 bridgehead atoms. The van der Waals surface area contributed by atoms with Crippen LogP contribution in [0.1, 0.15) is 15.9 Å². The van der Waals surface area contributed by atoms with Gasteiger partial charge in [0, 0.05) is 31.5 Å². The van der Waals surface area contributed by atoms with E-state index < -0.39 is 0 Å². The fourth-order valence-corrected chi connectivity index (χ4v) is 2.99. The van der Waals surface area contributed by atoms with Crippen molar-refractivity contribution >= 4 is 56.5 Å². The maximum atomic E-state index is 12.2. The highest BCUT2D eigenvalue weighted by molar-refractivity contribution is 9.10. The summed E-state index contributed by atoms with van der Waals surface area (Å²) in [7, 11) is 0. The second-order valence-corrected chi connectivity index (χ2v) is 6.19. The lowest BCUT2D eigenvalue weighted by atomic mass is 10.0. The Kier molecular flexibility index (Phi) is 4.91. The molecule has 0 aliphatic carbocycles. The van der Waals surface area contributed by atoms with E-state index in [1.165, 1.54) is 0 Å². The average Bonchev–Trinajstić information content (AvgIpc) is 2.31. The minimum absolute atomic E-state index is 0.0487. The highest BCUT2D eigenvalue weighted by Gasteiger charge is 2.11. The molecule has 2 aromatic carbocycles. The Morgan fingerprint density at radius 1 is 1.00 bits per heavy atom. The molecule has 0 aliphatic rings. The average molecular weight is 378 g/mol. The van der Waals surface area contributed by atoms with E-state index in [4.69, 9.17) is 34.8 Å². The molecule has 5 heteroatoms. The van der Waals surface area contributed by atoms with Gasteiger partial charge in [0.1, 0.15) is 0 Å². The number of rotatable bonds is 3. The van der Waals surface area contributed by atoms with Gasteiger partial charge in [0.2, 0.25) is 0 Å². The number of Topliss-reactive ketones (excluding diaryl/α,β-unsaturated/α-hetero) is 1. The molecule has 0 atom stereocenters. The van der Waals surface area contributed by atoms with Crippen molar-refractivity contribution in [2.24, 2.45) is 0 Å². The molecule has 1 nitrogen and oxygen atoms in total. The highest BCUT2D eigenvalue weighted by Crippen LogP contribution is 2.24. The topological polar surface area (TPSA) is 17.1 Å². The van der Waals surface area contributed by atoms with E-state index in [9.17, 15) is 4.79 Å². The molecule has 0 amide bonds. The quantitative estimate of drug-likeness (QED) is 0.614. The van der Waals surface area contributed by atoms with Gasteiger partial charge in [-0.3, -0.25) is 4.79 Å². The summed E-state index contributed by atoms with van der Waals surface area (Å²) >= 11 is 21.1. The van der Waals surface area contributed by atoms with Gasteiger partial charge in [0.15, 0.2) is 5.78 Å². The van der Waals surface area contributed by atoms with Crippen LogP contribution < -0.4 is 0 Å². The van der Waals surface area contributed by atoms with Crippen LogP contribution in [0.4, 0.5) is 0 Å². The number of benzene rings is 2. The third-order valence-corrected chi connectivity index (χ3v) is 3.81. The minimum atomic E-state index is -0.0487. The fraction of sp³-hybridized carbons (Fsp3) is 0.0714. The Bertz CT molecular complexity index is 620. The van der Waals surface area contributed by atoms with E-state index in [2.05, 4.69) is 15.9 Å². The molecule has 0 aliphatic heterocycles. The zero-order chi connectivity index (χ0) is 14.0. The predicted octanol–water partition coefficient (Wildman–Crippen LogP) is 5.83. The van der Waals surface area contributed by atoms with Crippen LogP contribution in [0.15, 0.2) is 40.9 Å². The zero-order valence-electron chi connectivity index (χ0n) is 9.59. The monoisotopic (exact) mass is 376 g/mol. The molecule has 98 valence electrons. The van der Waals surface area contributed by atoms with E-state index >= 15 is 0 Å². The Morgan fingerprint density at radius 3 is 2.37 bits per heavy atom. The van der Waals surface area contributed by atoms with Crippen LogP contribution in [0.3, 0.4) is 0 Å². The van der Waals surface area contributed by atoms with Gasteiger partial charge in [0.05, 0.1) is 0 Å². The van der Waals surface area contributed by atoms with Crippen LogP contribution in [-0.2, 0) is 6.42 Å². The number of carbonyl (C=O) groups is 1. The third kappa shape index (κ3) is 3.96. The SMILES string of the molecule is O=C(Cc1ccc(Cl)cc1Cl)c1cc(Cl)cc(Br)c1. The van der Waals surface area contributed by atoms with E-state index in [1.807, 2.05) is 0 Å². The van der Waals surface area contributed by atoms with E-state index in [-0.39, 0.29) is 12.2 Å².